The SMILES string of the molecule is CCS(=O)(=O)Cc1cc(B2OC(C)(C)C(C)(C)O2)c(C(=O)c2ccc(C)cc2)cc1OC. The lowest BCUT2D eigenvalue weighted by atomic mass is 9.73. The zero-order valence-electron chi connectivity index (χ0n) is 19.8. The van der Waals surface area contributed by atoms with Gasteiger partial charge in [0.2, 0.25) is 0 Å². The fourth-order valence-electron chi connectivity index (χ4n) is 3.51. The number of ketones is 1. The molecule has 0 radical (unpaired) electrons. The number of ether oxygens (including phenoxy) is 1. The maximum absolute atomic E-state index is 13.5. The lowest BCUT2D eigenvalue weighted by molar-refractivity contribution is 0.00578. The Bertz CT molecular complexity index is 1100. The number of aryl methyl sites for hydroxylation is 1. The van der Waals surface area contributed by atoms with Crippen LogP contribution in [0.1, 0.15) is 61.7 Å². The van der Waals surface area contributed by atoms with E-state index in [0.29, 0.717) is 27.9 Å². The minimum atomic E-state index is -3.33. The second-order valence-corrected chi connectivity index (χ2v) is 11.6. The molecule has 0 bridgehead atoms. The van der Waals surface area contributed by atoms with Gasteiger partial charge in [-0.2, -0.15) is 0 Å². The lowest BCUT2D eigenvalue weighted by Gasteiger charge is -2.32. The highest BCUT2D eigenvalue weighted by molar-refractivity contribution is 7.90. The molecule has 0 aliphatic carbocycles. The van der Waals surface area contributed by atoms with E-state index in [0.717, 1.165) is 5.56 Å². The van der Waals surface area contributed by atoms with Gasteiger partial charge in [0.05, 0.1) is 24.1 Å². The van der Waals surface area contributed by atoms with Gasteiger partial charge in [-0.25, -0.2) is 8.42 Å². The summed E-state index contributed by atoms with van der Waals surface area (Å²) in [6.45, 7) is 11.3. The number of hydrogen-bond donors (Lipinski definition) is 0. The molecule has 0 saturated carbocycles. The molecule has 1 fully saturated rings. The number of carbonyl (C=O) groups excluding carboxylic acids is 1. The van der Waals surface area contributed by atoms with Crippen molar-refractivity contribution in [1.29, 1.82) is 0 Å². The Morgan fingerprint density at radius 3 is 2.09 bits per heavy atom. The number of benzene rings is 2. The highest BCUT2D eigenvalue weighted by Crippen LogP contribution is 2.37. The lowest BCUT2D eigenvalue weighted by Crippen LogP contribution is -2.41. The van der Waals surface area contributed by atoms with Crippen molar-refractivity contribution in [3.8, 4) is 5.75 Å². The van der Waals surface area contributed by atoms with Crippen molar-refractivity contribution < 1.29 is 27.3 Å². The van der Waals surface area contributed by atoms with Gasteiger partial charge in [-0.15, -0.1) is 0 Å². The zero-order chi connectivity index (χ0) is 23.9. The van der Waals surface area contributed by atoms with Crippen LogP contribution in [0.15, 0.2) is 36.4 Å². The van der Waals surface area contributed by atoms with Crippen LogP contribution in [-0.2, 0) is 24.9 Å². The van der Waals surface area contributed by atoms with Crippen LogP contribution in [-0.4, -0.2) is 45.4 Å². The van der Waals surface area contributed by atoms with E-state index < -0.39 is 28.2 Å². The summed E-state index contributed by atoms with van der Waals surface area (Å²) in [7, 11) is -2.68. The number of rotatable bonds is 7. The van der Waals surface area contributed by atoms with Crippen LogP contribution >= 0.6 is 0 Å². The molecule has 0 spiro atoms. The summed E-state index contributed by atoms with van der Waals surface area (Å²) in [5.41, 5.74) is 1.67. The summed E-state index contributed by atoms with van der Waals surface area (Å²) >= 11 is 0. The van der Waals surface area contributed by atoms with E-state index >= 15 is 0 Å². The van der Waals surface area contributed by atoms with Gasteiger partial charge in [0.15, 0.2) is 15.6 Å². The van der Waals surface area contributed by atoms with E-state index in [1.165, 1.54) is 7.11 Å². The molecule has 2 aromatic carbocycles. The van der Waals surface area contributed by atoms with E-state index in [-0.39, 0.29) is 17.3 Å². The van der Waals surface area contributed by atoms with Crippen molar-refractivity contribution in [1.82, 2.24) is 0 Å². The molecular formula is C24H31BO6S. The number of carbonyl (C=O) groups is 1. The highest BCUT2D eigenvalue weighted by atomic mass is 32.2. The summed E-state index contributed by atoms with van der Waals surface area (Å²) < 4.78 is 42.6. The predicted molar refractivity (Wildman–Crippen MR) is 126 cm³/mol. The molecule has 6 nitrogen and oxygen atoms in total. The van der Waals surface area contributed by atoms with Gasteiger partial charge >= 0.3 is 7.12 Å². The summed E-state index contributed by atoms with van der Waals surface area (Å²) in [4.78, 5) is 13.5. The Morgan fingerprint density at radius 2 is 1.59 bits per heavy atom. The van der Waals surface area contributed by atoms with Crippen molar-refractivity contribution in [3.63, 3.8) is 0 Å². The number of hydrogen-bond acceptors (Lipinski definition) is 6. The summed E-state index contributed by atoms with van der Waals surface area (Å²) in [6, 6.07) is 10.6. The molecule has 32 heavy (non-hydrogen) atoms. The Morgan fingerprint density at radius 1 is 1.03 bits per heavy atom. The third-order valence-corrected chi connectivity index (χ3v) is 7.96. The molecule has 8 heteroatoms. The third kappa shape index (κ3) is 4.77. The van der Waals surface area contributed by atoms with Gasteiger partial charge in [0, 0.05) is 22.4 Å². The average molecular weight is 458 g/mol. The van der Waals surface area contributed by atoms with Gasteiger partial charge in [0.25, 0.3) is 0 Å². The topological polar surface area (TPSA) is 78.9 Å². The van der Waals surface area contributed by atoms with Crippen molar-refractivity contribution >= 4 is 28.2 Å². The monoisotopic (exact) mass is 458 g/mol. The van der Waals surface area contributed by atoms with E-state index in [1.54, 1.807) is 31.2 Å². The van der Waals surface area contributed by atoms with E-state index in [2.05, 4.69) is 0 Å². The first-order valence-corrected chi connectivity index (χ1v) is 12.5. The molecule has 2 aromatic rings. The maximum Gasteiger partial charge on any atom is 0.495 e. The molecule has 1 heterocycles. The quantitative estimate of drug-likeness (QED) is 0.467. The first kappa shape index (κ1) is 24.5. The molecular weight excluding hydrogens is 427 g/mol. The van der Waals surface area contributed by atoms with Crippen molar-refractivity contribution in [2.75, 3.05) is 12.9 Å². The molecule has 0 unspecified atom stereocenters. The van der Waals surface area contributed by atoms with Crippen LogP contribution in [0.5, 0.6) is 5.75 Å². The fourth-order valence-corrected chi connectivity index (χ4v) is 4.41. The first-order chi connectivity index (χ1) is 14.8. The molecule has 1 aliphatic heterocycles. The molecule has 172 valence electrons. The normalized spacial score (nSPS) is 17.4. The Kier molecular flexibility index (Phi) is 6.62. The Hall–Kier alpha value is -2.16. The molecule has 0 amide bonds. The second kappa shape index (κ2) is 8.65. The van der Waals surface area contributed by atoms with E-state index in [4.69, 9.17) is 14.0 Å². The minimum Gasteiger partial charge on any atom is -0.496 e. The van der Waals surface area contributed by atoms with Crippen molar-refractivity contribution in [3.05, 3.63) is 58.7 Å². The summed E-state index contributed by atoms with van der Waals surface area (Å²) in [5, 5.41) is 0. The maximum atomic E-state index is 13.5. The zero-order valence-corrected chi connectivity index (χ0v) is 20.6. The Balaban J connectivity index is 2.18. The fraction of sp³-hybridized carbons (Fsp3) is 0.458. The molecule has 0 N–H and O–H groups in total. The van der Waals surface area contributed by atoms with Crippen LogP contribution in [0, 0.1) is 6.92 Å². The third-order valence-electron chi connectivity index (χ3n) is 6.33. The molecule has 0 aromatic heterocycles. The average Bonchev–Trinajstić information content (AvgIpc) is 2.94. The van der Waals surface area contributed by atoms with Crippen molar-refractivity contribution in [2.24, 2.45) is 0 Å². The van der Waals surface area contributed by atoms with Gasteiger partial charge in [-0.3, -0.25) is 4.79 Å². The van der Waals surface area contributed by atoms with Crippen molar-refractivity contribution in [2.45, 2.75) is 58.5 Å². The van der Waals surface area contributed by atoms with E-state index in [1.807, 2.05) is 46.8 Å². The number of sulfone groups is 1. The first-order valence-electron chi connectivity index (χ1n) is 10.7. The second-order valence-electron chi connectivity index (χ2n) is 9.21. The van der Waals surface area contributed by atoms with Gasteiger partial charge in [-0.05, 0) is 46.1 Å². The van der Waals surface area contributed by atoms with Crippen LogP contribution in [0.3, 0.4) is 0 Å². The molecule has 1 saturated heterocycles. The van der Waals surface area contributed by atoms with Gasteiger partial charge in [0.1, 0.15) is 5.75 Å². The van der Waals surface area contributed by atoms with Crippen LogP contribution in [0.4, 0.5) is 0 Å². The van der Waals surface area contributed by atoms with Crippen LogP contribution in [0.25, 0.3) is 0 Å². The standard InChI is InChI=1S/C24H31BO6S/c1-8-32(27,28)15-18-13-20(25-30-23(3,4)24(5,6)31-25)19(14-21(18)29-7)22(26)17-11-9-16(2)10-12-17/h9-14H,8,15H2,1-7H3. The summed E-state index contributed by atoms with van der Waals surface area (Å²) in [6.07, 6.45) is 0. The Labute approximate surface area is 191 Å². The molecule has 1 aliphatic rings. The predicted octanol–water partition coefficient (Wildman–Crippen LogP) is 3.47. The van der Waals surface area contributed by atoms with Crippen LogP contribution in [0.2, 0.25) is 0 Å². The van der Waals surface area contributed by atoms with E-state index in [9.17, 15) is 13.2 Å². The molecule has 0 atom stereocenters. The summed E-state index contributed by atoms with van der Waals surface area (Å²) in [5.74, 6) is -0.0554. The highest BCUT2D eigenvalue weighted by Gasteiger charge is 2.52. The van der Waals surface area contributed by atoms with Gasteiger partial charge in [-0.1, -0.05) is 42.8 Å². The molecule has 3 rings (SSSR count). The largest absolute Gasteiger partial charge is 0.496 e. The number of methoxy groups -OCH3 is 1. The van der Waals surface area contributed by atoms with Crippen LogP contribution < -0.4 is 10.2 Å². The van der Waals surface area contributed by atoms with Gasteiger partial charge < -0.3 is 14.0 Å². The smallest absolute Gasteiger partial charge is 0.495 e. The minimum absolute atomic E-state index is 0.00598.